The molecular weight excluding hydrogens is 533 g/mol. The van der Waals surface area contributed by atoms with E-state index in [2.05, 4.69) is 35.6 Å². The molecule has 2 amide bonds. The molecule has 1 saturated carbocycles. The predicted molar refractivity (Wildman–Crippen MR) is 143 cm³/mol. The third-order valence-electron chi connectivity index (χ3n) is 5.87. The molecule has 0 aromatic carbocycles. The zero-order valence-electron chi connectivity index (χ0n) is 21.9. The van der Waals surface area contributed by atoms with Gasteiger partial charge in [0.15, 0.2) is 5.69 Å². The Morgan fingerprint density at radius 3 is 2.51 bits per heavy atom. The molecule has 1 aliphatic carbocycles. The Hall–Kier alpha value is -3.58. The number of anilines is 1. The van der Waals surface area contributed by atoms with Gasteiger partial charge in [0.05, 0.1) is 12.0 Å². The normalized spacial score (nSPS) is 13.4. The van der Waals surface area contributed by atoms with Crippen molar-refractivity contribution < 1.29 is 27.5 Å². The number of nitrogens with one attached hydrogen (secondary N) is 3. The molecule has 0 bridgehead atoms. The molecule has 0 unspecified atom stereocenters. The molecule has 39 heavy (non-hydrogen) atoms. The van der Waals surface area contributed by atoms with Gasteiger partial charge in [0.25, 0.3) is 6.47 Å². The summed E-state index contributed by atoms with van der Waals surface area (Å²) in [5.74, 6) is 0.213. The zero-order chi connectivity index (χ0) is 28.4. The van der Waals surface area contributed by atoms with Gasteiger partial charge in [-0.2, -0.15) is 13.2 Å². The maximum atomic E-state index is 13.9. The Morgan fingerprint density at radius 1 is 1.18 bits per heavy atom. The van der Waals surface area contributed by atoms with Crippen LogP contribution in [0.25, 0.3) is 21.7 Å². The lowest BCUT2D eigenvalue weighted by atomic mass is 10.0. The second-order valence-electron chi connectivity index (χ2n) is 8.83. The highest BCUT2D eigenvalue weighted by Crippen LogP contribution is 2.41. The fraction of sp³-hybridized carbons (Fsp3) is 0.423. The molecule has 3 aromatic rings. The number of hydrogen-bond acceptors (Lipinski definition) is 8. The average Bonchev–Trinajstić information content (AvgIpc) is 3.58. The summed E-state index contributed by atoms with van der Waals surface area (Å²) in [6, 6.07) is 3.21. The van der Waals surface area contributed by atoms with Gasteiger partial charge in [-0.3, -0.25) is 15.1 Å². The minimum absolute atomic E-state index is 0.105. The zero-order valence-corrected chi connectivity index (χ0v) is 22.7. The van der Waals surface area contributed by atoms with E-state index in [1.165, 1.54) is 13.3 Å². The monoisotopic (exact) mass is 564 g/mol. The lowest BCUT2D eigenvalue weighted by Gasteiger charge is -2.12. The number of alkyl halides is 3. The van der Waals surface area contributed by atoms with E-state index < -0.39 is 17.9 Å². The number of carbonyl (C=O) groups is 2. The molecular formula is C26H31F3N6O3S. The van der Waals surface area contributed by atoms with Crippen molar-refractivity contribution in [3.63, 3.8) is 0 Å². The number of hydrogen-bond donors (Lipinski definition) is 3. The fourth-order valence-electron chi connectivity index (χ4n) is 4.13. The molecule has 4 rings (SSSR count). The Morgan fingerprint density at radius 2 is 1.90 bits per heavy atom. The van der Waals surface area contributed by atoms with Crippen LogP contribution in [-0.2, 0) is 22.3 Å². The minimum Gasteiger partial charge on any atom is -0.471 e. The van der Waals surface area contributed by atoms with Gasteiger partial charge in [-0.15, -0.1) is 11.3 Å². The van der Waals surface area contributed by atoms with Crippen molar-refractivity contribution in [3.05, 3.63) is 46.9 Å². The highest BCUT2D eigenvalue weighted by molar-refractivity contribution is 7.15. The molecule has 3 heterocycles. The summed E-state index contributed by atoms with van der Waals surface area (Å²) < 4.78 is 45.6. The number of amides is 2. The van der Waals surface area contributed by atoms with Crippen LogP contribution in [0.1, 0.15) is 48.7 Å². The van der Waals surface area contributed by atoms with Gasteiger partial charge >= 0.3 is 12.2 Å². The van der Waals surface area contributed by atoms with Gasteiger partial charge in [-0.1, -0.05) is 12.8 Å². The summed E-state index contributed by atoms with van der Waals surface area (Å²) in [6.07, 6.45) is 4.38. The molecule has 0 saturated heterocycles. The van der Waals surface area contributed by atoms with Crippen LogP contribution in [0.15, 0.2) is 30.7 Å². The van der Waals surface area contributed by atoms with Crippen molar-refractivity contribution in [2.24, 2.45) is 0 Å². The molecule has 210 valence electrons. The number of carbonyl (C=O) groups excluding carboxylic acids is 2. The number of nitrogens with zero attached hydrogens (tertiary/aromatic N) is 3. The van der Waals surface area contributed by atoms with Gasteiger partial charge < -0.3 is 15.4 Å². The van der Waals surface area contributed by atoms with Crippen molar-refractivity contribution in [2.45, 2.75) is 58.3 Å². The first-order valence-electron chi connectivity index (χ1n) is 12.4. The van der Waals surface area contributed by atoms with Gasteiger partial charge in [0, 0.05) is 54.4 Å². The second-order valence-corrected chi connectivity index (χ2v) is 9.92. The molecule has 9 nitrogen and oxygen atoms in total. The van der Waals surface area contributed by atoms with Gasteiger partial charge in [-0.05, 0) is 44.4 Å². The van der Waals surface area contributed by atoms with Crippen LogP contribution in [0.4, 0.5) is 23.8 Å². The summed E-state index contributed by atoms with van der Waals surface area (Å²) in [5.41, 5.74) is 1.74. The van der Waals surface area contributed by atoms with Crippen molar-refractivity contribution in [1.82, 2.24) is 25.6 Å². The molecule has 0 aliphatic heterocycles. The SMILES string of the molecule is CCNC(=O)Nc1cc(-c2nc(C(F)(F)F)c(CNC3CCCC3)s2)c(-c2cncc(C)c2)cn1.COC=O. The highest BCUT2D eigenvalue weighted by Gasteiger charge is 2.38. The number of rotatable bonds is 8. The molecule has 3 aromatic heterocycles. The number of halogens is 3. The Labute approximate surface area is 228 Å². The van der Waals surface area contributed by atoms with E-state index in [0.717, 1.165) is 42.6 Å². The second kappa shape index (κ2) is 14.0. The highest BCUT2D eigenvalue weighted by atomic mass is 32.1. The topological polar surface area (TPSA) is 118 Å². The molecule has 1 fully saturated rings. The van der Waals surface area contributed by atoms with E-state index in [1.54, 1.807) is 25.4 Å². The minimum atomic E-state index is -4.58. The number of pyridine rings is 2. The standard InChI is InChI=1S/C24H27F3N6OS.C2H4O2/c1-3-29-23(34)32-20-9-17(18(12-31-20)15-8-14(2)10-28-11-15)22-33-21(24(25,26)27)19(35-22)13-30-16-6-4-5-7-16;1-4-2-3/h8-12,16,30H,3-7,13H2,1-2H3,(H2,29,31,32,34);2H,1H3. The summed E-state index contributed by atoms with van der Waals surface area (Å²) >= 11 is 1.00. The quantitative estimate of drug-likeness (QED) is 0.307. The molecule has 0 radical (unpaired) electrons. The largest absolute Gasteiger partial charge is 0.471 e. The number of ether oxygens (including phenoxy) is 1. The van der Waals surface area contributed by atoms with E-state index in [0.29, 0.717) is 29.7 Å². The van der Waals surface area contributed by atoms with E-state index in [1.807, 2.05) is 13.0 Å². The first kappa shape index (κ1) is 30.0. The van der Waals surface area contributed by atoms with Crippen LogP contribution in [0.3, 0.4) is 0 Å². The summed E-state index contributed by atoms with van der Waals surface area (Å²) in [6.45, 7) is 4.56. The number of urea groups is 1. The van der Waals surface area contributed by atoms with Crippen LogP contribution < -0.4 is 16.0 Å². The Bertz CT molecular complexity index is 1260. The maximum absolute atomic E-state index is 13.9. The van der Waals surface area contributed by atoms with E-state index >= 15 is 0 Å². The molecule has 3 N–H and O–H groups in total. The number of methoxy groups -OCH3 is 1. The summed E-state index contributed by atoms with van der Waals surface area (Å²) in [5, 5.41) is 8.71. The molecule has 13 heteroatoms. The van der Waals surface area contributed by atoms with Crippen LogP contribution in [-0.4, -0.2) is 47.2 Å². The third-order valence-corrected chi connectivity index (χ3v) is 6.96. The van der Waals surface area contributed by atoms with Gasteiger partial charge in [0.1, 0.15) is 10.8 Å². The van der Waals surface area contributed by atoms with Crippen molar-refractivity contribution >= 4 is 29.7 Å². The maximum Gasteiger partial charge on any atom is 0.434 e. The predicted octanol–water partition coefficient (Wildman–Crippen LogP) is 5.56. The molecule has 0 spiro atoms. The van der Waals surface area contributed by atoms with E-state index in [4.69, 9.17) is 4.79 Å². The summed E-state index contributed by atoms with van der Waals surface area (Å²) in [4.78, 5) is 33.7. The first-order chi connectivity index (χ1) is 18.7. The first-order valence-corrected chi connectivity index (χ1v) is 13.2. The average molecular weight is 565 g/mol. The van der Waals surface area contributed by atoms with Crippen LogP contribution in [0.2, 0.25) is 0 Å². The lowest BCUT2D eigenvalue weighted by Crippen LogP contribution is -2.28. The number of aromatic nitrogens is 3. The Kier molecular flexibility index (Phi) is 10.8. The lowest BCUT2D eigenvalue weighted by molar-refractivity contribution is -0.141. The van der Waals surface area contributed by atoms with Crippen LogP contribution in [0.5, 0.6) is 0 Å². The summed E-state index contributed by atoms with van der Waals surface area (Å²) in [7, 11) is 1.31. The van der Waals surface area contributed by atoms with Crippen LogP contribution in [0, 0.1) is 6.92 Å². The van der Waals surface area contributed by atoms with E-state index in [-0.39, 0.29) is 28.3 Å². The molecule has 1 aliphatic rings. The smallest absolute Gasteiger partial charge is 0.434 e. The van der Waals surface area contributed by atoms with E-state index in [9.17, 15) is 18.0 Å². The van der Waals surface area contributed by atoms with Crippen molar-refractivity contribution in [2.75, 3.05) is 19.0 Å². The number of aryl methyl sites for hydroxylation is 1. The fourth-order valence-corrected chi connectivity index (χ4v) is 5.19. The number of thiazole rings is 1. The molecule has 0 atom stereocenters. The van der Waals surface area contributed by atoms with Gasteiger partial charge in [0.2, 0.25) is 0 Å². The van der Waals surface area contributed by atoms with Gasteiger partial charge in [-0.25, -0.2) is 14.8 Å². The van der Waals surface area contributed by atoms with Crippen molar-refractivity contribution in [1.29, 1.82) is 0 Å². The third kappa shape index (κ3) is 8.45. The van der Waals surface area contributed by atoms with Crippen molar-refractivity contribution in [3.8, 4) is 21.7 Å². The Balaban J connectivity index is 0.000000983. The van der Waals surface area contributed by atoms with Crippen LogP contribution >= 0.6 is 11.3 Å².